The Morgan fingerprint density at radius 2 is 2.08 bits per heavy atom. The molecule has 1 aromatic heterocycles. The fourth-order valence-electron chi connectivity index (χ4n) is 2.81. The summed E-state index contributed by atoms with van der Waals surface area (Å²) in [5, 5.41) is 3.55. The van der Waals surface area contributed by atoms with Crippen molar-refractivity contribution in [3.63, 3.8) is 0 Å². The lowest BCUT2D eigenvalue weighted by molar-refractivity contribution is -0.129. The zero-order valence-electron chi connectivity index (χ0n) is 12.8. The minimum absolute atomic E-state index is 0.162. The number of nitrogens with zero attached hydrogens (tertiary/aromatic N) is 3. The summed E-state index contributed by atoms with van der Waals surface area (Å²) in [5.41, 5.74) is 0.654. The lowest BCUT2D eigenvalue weighted by Gasteiger charge is -2.21. The Morgan fingerprint density at radius 1 is 1.33 bits per heavy atom. The quantitative estimate of drug-likeness (QED) is 0.744. The van der Waals surface area contributed by atoms with E-state index in [9.17, 15) is 13.2 Å². The zero-order valence-corrected chi connectivity index (χ0v) is 15.2. The van der Waals surface area contributed by atoms with Gasteiger partial charge >= 0.3 is 0 Å². The highest BCUT2D eigenvalue weighted by Crippen LogP contribution is 2.30. The van der Waals surface area contributed by atoms with Gasteiger partial charge in [0, 0.05) is 11.0 Å². The Hall–Kier alpha value is -1.74. The van der Waals surface area contributed by atoms with E-state index in [1.54, 1.807) is 24.3 Å². The summed E-state index contributed by atoms with van der Waals surface area (Å²) in [4.78, 5) is 18.0. The van der Waals surface area contributed by atoms with Crippen molar-refractivity contribution in [2.75, 3.05) is 12.3 Å². The topological polar surface area (TPSA) is 93.4 Å². The molecule has 1 aliphatic rings. The molecule has 0 spiro atoms. The van der Waals surface area contributed by atoms with E-state index in [2.05, 4.69) is 26.1 Å². The molecule has 9 heteroatoms. The van der Waals surface area contributed by atoms with Crippen molar-refractivity contribution in [2.45, 2.75) is 24.6 Å². The van der Waals surface area contributed by atoms with E-state index >= 15 is 0 Å². The van der Waals surface area contributed by atoms with Crippen molar-refractivity contribution in [1.29, 1.82) is 0 Å². The molecular formula is C15H16BrN3O4S. The molecule has 2 aromatic rings. The van der Waals surface area contributed by atoms with Crippen LogP contribution in [0.3, 0.4) is 0 Å². The third-order valence-electron chi connectivity index (χ3n) is 3.88. The fraction of sp³-hybridized carbons (Fsp3) is 0.400. The molecule has 128 valence electrons. The van der Waals surface area contributed by atoms with Crippen LogP contribution in [0.5, 0.6) is 0 Å². The van der Waals surface area contributed by atoms with E-state index in [1.807, 2.05) is 0 Å². The summed E-state index contributed by atoms with van der Waals surface area (Å²) >= 11 is 3.31. The SMILES string of the molecule is O=C(CS(=O)(=O)Cc1ccc(Br)cc1)N1CCCC1c1ncno1. The maximum Gasteiger partial charge on any atom is 0.249 e. The highest BCUT2D eigenvalue weighted by molar-refractivity contribution is 9.10. The standard InChI is InChI=1S/C15H16BrN3O4S/c16-12-5-3-11(4-6-12)8-24(21,22)9-14(20)19-7-1-2-13(19)15-17-10-18-23-15/h3-6,10,13H,1-2,7-9H2. The summed E-state index contributed by atoms with van der Waals surface area (Å²) in [5.74, 6) is -0.752. The van der Waals surface area contributed by atoms with Crippen LogP contribution in [-0.2, 0) is 20.4 Å². The Bertz CT molecular complexity index is 806. The lowest BCUT2D eigenvalue weighted by Crippen LogP contribution is -2.35. The number of likely N-dealkylation sites (tertiary alicyclic amines) is 1. The molecule has 1 amide bonds. The van der Waals surface area contributed by atoms with Gasteiger partial charge in [0.1, 0.15) is 11.8 Å². The molecule has 7 nitrogen and oxygen atoms in total. The number of benzene rings is 1. The van der Waals surface area contributed by atoms with Gasteiger partial charge in [-0.25, -0.2) is 8.42 Å². The minimum Gasteiger partial charge on any atom is -0.337 e. The molecule has 2 heterocycles. The lowest BCUT2D eigenvalue weighted by atomic mass is 10.2. The van der Waals surface area contributed by atoms with Crippen LogP contribution < -0.4 is 0 Å². The van der Waals surface area contributed by atoms with E-state index in [1.165, 1.54) is 11.2 Å². The van der Waals surface area contributed by atoms with Gasteiger partial charge in [0.15, 0.2) is 16.2 Å². The first-order valence-corrected chi connectivity index (χ1v) is 10.1. The van der Waals surface area contributed by atoms with Gasteiger partial charge in [-0.3, -0.25) is 4.79 Å². The third kappa shape index (κ3) is 4.02. The van der Waals surface area contributed by atoms with E-state index in [0.29, 0.717) is 24.4 Å². The second-order valence-corrected chi connectivity index (χ2v) is 8.66. The van der Waals surface area contributed by atoms with Gasteiger partial charge in [-0.1, -0.05) is 33.2 Å². The van der Waals surface area contributed by atoms with Crippen molar-refractivity contribution < 1.29 is 17.7 Å². The van der Waals surface area contributed by atoms with Crippen LogP contribution in [0.15, 0.2) is 39.6 Å². The van der Waals surface area contributed by atoms with Crippen molar-refractivity contribution in [2.24, 2.45) is 0 Å². The van der Waals surface area contributed by atoms with Crippen LogP contribution in [0.1, 0.15) is 30.3 Å². The van der Waals surface area contributed by atoms with E-state index < -0.39 is 21.5 Å². The summed E-state index contributed by atoms with van der Waals surface area (Å²) in [6.45, 7) is 0.500. The number of aromatic nitrogens is 2. The van der Waals surface area contributed by atoms with Crippen LogP contribution >= 0.6 is 15.9 Å². The first-order valence-electron chi connectivity index (χ1n) is 7.45. The number of halogens is 1. The van der Waals surface area contributed by atoms with Crippen LogP contribution in [0, 0.1) is 0 Å². The van der Waals surface area contributed by atoms with E-state index in [0.717, 1.165) is 10.9 Å². The molecule has 1 fully saturated rings. The first kappa shape index (κ1) is 17.1. The molecule has 3 rings (SSSR count). The Balaban J connectivity index is 1.67. The molecule has 0 saturated carbocycles. The van der Waals surface area contributed by atoms with Crippen LogP contribution in [-0.4, -0.2) is 41.7 Å². The average molecular weight is 414 g/mol. The molecule has 1 unspecified atom stereocenters. The molecule has 0 bridgehead atoms. The van der Waals surface area contributed by atoms with Crippen LogP contribution in [0.4, 0.5) is 0 Å². The molecule has 0 N–H and O–H groups in total. The number of hydrogen-bond acceptors (Lipinski definition) is 6. The van der Waals surface area contributed by atoms with Crippen LogP contribution in [0.2, 0.25) is 0 Å². The van der Waals surface area contributed by atoms with Gasteiger partial charge in [0.05, 0.1) is 5.75 Å². The molecular weight excluding hydrogens is 398 g/mol. The number of sulfone groups is 1. The normalized spacial score (nSPS) is 18.0. The highest BCUT2D eigenvalue weighted by atomic mass is 79.9. The van der Waals surface area contributed by atoms with Crippen LogP contribution in [0.25, 0.3) is 0 Å². The molecule has 1 atom stereocenters. The van der Waals surface area contributed by atoms with Crippen molar-refractivity contribution >= 4 is 31.7 Å². The third-order valence-corrected chi connectivity index (χ3v) is 5.87. The first-order chi connectivity index (χ1) is 11.4. The minimum atomic E-state index is -3.55. The monoisotopic (exact) mass is 413 g/mol. The summed E-state index contributed by atoms with van der Waals surface area (Å²) in [6.07, 6.45) is 2.76. The molecule has 24 heavy (non-hydrogen) atoms. The van der Waals surface area contributed by atoms with Gasteiger partial charge in [0.2, 0.25) is 11.8 Å². The highest BCUT2D eigenvalue weighted by Gasteiger charge is 2.35. The summed E-state index contributed by atoms with van der Waals surface area (Å²) < 4.78 is 30.6. The largest absolute Gasteiger partial charge is 0.337 e. The molecule has 1 aromatic carbocycles. The van der Waals surface area contributed by atoms with Crippen molar-refractivity contribution in [1.82, 2.24) is 15.0 Å². The zero-order chi connectivity index (χ0) is 17.2. The molecule has 0 aliphatic carbocycles. The predicted octanol–water partition coefficient (Wildman–Crippen LogP) is 2.11. The average Bonchev–Trinajstić information content (AvgIpc) is 3.19. The van der Waals surface area contributed by atoms with Crippen molar-refractivity contribution in [3.8, 4) is 0 Å². The number of amides is 1. The van der Waals surface area contributed by atoms with E-state index in [4.69, 9.17) is 4.52 Å². The Morgan fingerprint density at radius 3 is 2.75 bits per heavy atom. The van der Waals surface area contributed by atoms with E-state index in [-0.39, 0.29) is 11.8 Å². The smallest absolute Gasteiger partial charge is 0.249 e. The second-order valence-electron chi connectivity index (χ2n) is 5.68. The van der Waals surface area contributed by atoms with Gasteiger partial charge < -0.3 is 9.42 Å². The summed E-state index contributed by atoms with van der Waals surface area (Å²) in [7, 11) is -3.55. The fourth-order valence-corrected chi connectivity index (χ4v) is 4.42. The molecule has 1 aliphatic heterocycles. The second kappa shape index (κ2) is 7.02. The van der Waals surface area contributed by atoms with Gasteiger partial charge in [0.25, 0.3) is 0 Å². The maximum atomic E-state index is 12.5. The number of rotatable bonds is 5. The van der Waals surface area contributed by atoms with Gasteiger partial charge in [-0.05, 0) is 30.5 Å². The van der Waals surface area contributed by atoms with Gasteiger partial charge in [-0.2, -0.15) is 4.98 Å². The number of carbonyl (C=O) groups excluding carboxylic acids is 1. The van der Waals surface area contributed by atoms with Gasteiger partial charge in [-0.15, -0.1) is 0 Å². The molecule has 1 saturated heterocycles. The maximum absolute atomic E-state index is 12.5. The Labute approximate surface area is 148 Å². The number of hydrogen-bond donors (Lipinski definition) is 0. The number of carbonyl (C=O) groups is 1. The summed E-state index contributed by atoms with van der Waals surface area (Å²) in [6, 6.07) is 6.67. The Kier molecular flexibility index (Phi) is 5.00. The molecule has 0 radical (unpaired) electrons. The van der Waals surface area contributed by atoms with Crippen molar-refractivity contribution in [3.05, 3.63) is 46.5 Å². The predicted molar refractivity (Wildman–Crippen MR) is 89.6 cm³/mol.